The molecule has 0 rings (SSSR count). The summed E-state index contributed by atoms with van der Waals surface area (Å²) in [4.78, 5) is 15.1. The van der Waals surface area contributed by atoms with Crippen LogP contribution in [0.15, 0.2) is 12.7 Å². The number of amides is 1. The third-order valence-corrected chi connectivity index (χ3v) is 2.50. The number of likely N-dealkylation sites (N-methyl/N-ethyl adjacent to an activating group) is 1. The van der Waals surface area contributed by atoms with Gasteiger partial charge in [-0.05, 0) is 19.2 Å². The third kappa shape index (κ3) is 4.63. The first-order chi connectivity index (χ1) is 6.69. The molecule has 0 aliphatic rings. The maximum atomic E-state index is 11.2. The van der Waals surface area contributed by atoms with Crippen LogP contribution >= 0.6 is 11.6 Å². The average molecular weight is 219 g/mol. The van der Waals surface area contributed by atoms with E-state index in [4.69, 9.17) is 11.6 Å². The maximum absolute atomic E-state index is 11.2. The molecule has 1 amide bonds. The highest BCUT2D eigenvalue weighted by molar-refractivity contribution is 6.18. The van der Waals surface area contributed by atoms with Crippen LogP contribution < -0.4 is 0 Å². The second-order valence-electron chi connectivity index (χ2n) is 2.95. The zero-order chi connectivity index (χ0) is 11.0. The van der Waals surface area contributed by atoms with Crippen LogP contribution in [0.4, 0.5) is 0 Å². The molecule has 0 aliphatic heterocycles. The van der Waals surface area contributed by atoms with E-state index in [0.717, 1.165) is 19.6 Å². The van der Waals surface area contributed by atoms with Crippen molar-refractivity contribution in [2.24, 2.45) is 0 Å². The van der Waals surface area contributed by atoms with Crippen molar-refractivity contribution in [3.63, 3.8) is 0 Å². The molecule has 0 spiro atoms. The smallest absolute Gasteiger partial charge is 0.246 e. The minimum atomic E-state index is -0.104. The Hall–Kier alpha value is -0.540. The lowest BCUT2D eigenvalue weighted by Gasteiger charge is -2.23. The number of rotatable bonds is 7. The molecule has 0 aliphatic carbocycles. The summed E-state index contributed by atoms with van der Waals surface area (Å²) in [6.07, 6.45) is 1.30. The summed E-state index contributed by atoms with van der Waals surface area (Å²) < 4.78 is 0. The van der Waals surface area contributed by atoms with E-state index < -0.39 is 0 Å². The van der Waals surface area contributed by atoms with Gasteiger partial charge in [0.05, 0.1) is 6.00 Å². The van der Waals surface area contributed by atoms with Crippen molar-refractivity contribution in [2.75, 3.05) is 32.2 Å². The zero-order valence-electron chi connectivity index (χ0n) is 9.00. The fourth-order valence-electron chi connectivity index (χ4n) is 1.16. The predicted molar refractivity (Wildman–Crippen MR) is 60.4 cm³/mol. The summed E-state index contributed by atoms with van der Waals surface area (Å²) in [6.45, 7) is 11.1. The third-order valence-electron chi connectivity index (χ3n) is 2.21. The fourth-order valence-corrected chi connectivity index (χ4v) is 1.40. The number of carbonyl (C=O) groups excluding carboxylic acids is 1. The number of halogens is 1. The van der Waals surface area contributed by atoms with Gasteiger partial charge >= 0.3 is 0 Å². The highest BCUT2D eigenvalue weighted by atomic mass is 35.5. The zero-order valence-corrected chi connectivity index (χ0v) is 9.76. The van der Waals surface area contributed by atoms with Crippen molar-refractivity contribution < 1.29 is 4.79 Å². The van der Waals surface area contributed by atoms with Gasteiger partial charge < -0.3 is 9.80 Å². The summed E-state index contributed by atoms with van der Waals surface area (Å²) in [7, 11) is 0. The van der Waals surface area contributed by atoms with E-state index in [0.29, 0.717) is 6.54 Å². The molecule has 0 saturated heterocycles. The van der Waals surface area contributed by atoms with Crippen LogP contribution in [-0.2, 0) is 4.79 Å². The summed E-state index contributed by atoms with van der Waals surface area (Å²) in [6, 6.07) is 0.228. The number of carbonyl (C=O) groups is 1. The first-order valence-electron chi connectivity index (χ1n) is 4.89. The molecule has 14 heavy (non-hydrogen) atoms. The Morgan fingerprint density at radius 2 is 1.93 bits per heavy atom. The lowest BCUT2D eigenvalue weighted by Crippen LogP contribution is -2.37. The molecule has 4 heteroatoms. The number of hydrogen-bond donors (Lipinski definition) is 0. The molecule has 0 fully saturated rings. The Labute approximate surface area is 91.3 Å². The lowest BCUT2D eigenvalue weighted by atomic mass is 10.4. The summed E-state index contributed by atoms with van der Waals surface area (Å²) in [5, 5.41) is 0. The highest BCUT2D eigenvalue weighted by Crippen LogP contribution is 1.96. The van der Waals surface area contributed by atoms with Gasteiger partial charge in [-0.15, -0.1) is 11.6 Å². The molecule has 0 aromatic rings. The van der Waals surface area contributed by atoms with Gasteiger partial charge in [-0.3, -0.25) is 4.79 Å². The van der Waals surface area contributed by atoms with Gasteiger partial charge in [0.2, 0.25) is 5.91 Å². The van der Waals surface area contributed by atoms with Gasteiger partial charge in [0, 0.05) is 13.1 Å². The van der Waals surface area contributed by atoms with Gasteiger partial charge in [0.15, 0.2) is 0 Å². The largest absolute Gasteiger partial charge is 0.324 e. The van der Waals surface area contributed by atoms with Gasteiger partial charge in [-0.2, -0.15) is 0 Å². The normalized spacial score (nSPS) is 10.3. The van der Waals surface area contributed by atoms with E-state index in [1.54, 1.807) is 4.90 Å². The van der Waals surface area contributed by atoms with Crippen molar-refractivity contribution in [3.8, 4) is 0 Å². The molecule has 3 nitrogen and oxygen atoms in total. The van der Waals surface area contributed by atoms with Crippen molar-refractivity contribution in [2.45, 2.75) is 13.8 Å². The van der Waals surface area contributed by atoms with E-state index in [1.807, 2.05) is 0 Å². The fraction of sp³-hybridized carbons (Fsp3) is 0.700. The van der Waals surface area contributed by atoms with Crippen molar-refractivity contribution >= 4 is 17.5 Å². The molecular weight excluding hydrogens is 200 g/mol. The van der Waals surface area contributed by atoms with E-state index in [-0.39, 0.29) is 11.9 Å². The minimum absolute atomic E-state index is 0.104. The van der Waals surface area contributed by atoms with Crippen LogP contribution in [0, 0.1) is 0 Å². The minimum Gasteiger partial charge on any atom is -0.324 e. The molecule has 0 atom stereocenters. The van der Waals surface area contributed by atoms with Gasteiger partial charge in [-0.1, -0.05) is 20.4 Å². The van der Waals surface area contributed by atoms with Crippen molar-refractivity contribution in [3.05, 3.63) is 12.7 Å². The highest BCUT2D eigenvalue weighted by Gasteiger charge is 2.09. The second kappa shape index (κ2) is 7.83. The van der Waals surface area contributed by atoms with E-state index in [9.17, 15) is 4.79 Å². The topological polar surface area (TPSA) is 23.6 Å². The Kier molecular flexibility index (Phi) is 7.52. The van der Waals surface area contributed by atoms with Crippen LogP contribution in [0.2, 0.25) is 0 Å². The van der Waals surface area contributed by atoms with Crippen LogP contribution in [0.5, 0.6) is 0 Å². The molecule has 82 valence electrons. The molecular formula is C10H19ClN2O. The monoisotopic (exact) mass is 218 g/mol. The molecule has 0 aromatic carbocycles. The molecule has 0 saturated carbocycles. The first-order valence-corrected chi connectivity index (χ1v) is 5.42. The second-order valence-corrected chi connectivity index (χ2v) is 3.19. The quantitative estimate of drug-likeness (QED) is 0.368. The van der Waals surface area contributed by atoms with Crippen LogP contribution in [0.25, 0.3) is 0 Å². The molecule has 0 heterocycles. The lowest BCUT2D eigenvalue weighted by molar-refractivity contribution is -0.125. The molecule has 0 aromatic heterocycles. The molecule has 0 N–H and O–H groups in total. The van der Waals surface area contributed by atoms with Gasteiger partial charge in [0.1, 0.15) is 0 Å². The molecule has 0 unspecified atom stereocenters. The van der Waals surface area contributed by atoms with Gasteiger partial charge in [-0.25, -0.2) is 0 Å². The maximum Gasteiger partial charge on any atom is 0.246 e. The van der Waals surface area contributed by atoms with E-state index in [1.165, 1.54) is 6.08 Å². The summed E-state index contributed by atoms with van der Waals surface area (Å²) in [5.41, 5.74) is 0. The molecule has 0 radical (unpaired) electrons. The number of alkyl halides is 1. The average Bonchev–Trinajstić information content (AvgIpc) is 2.24. The van der Waals surface area contributed by atoms with E-state index >= 15 is 0 Å². The van der Waals surface area contributed by atoms with Crippen molar-refractivity contribution in [1.82, 2.24) is 9.80 Å². The standard InChI is InChI=1S/C10H19ClN2O/c1-4-10(14)13(9-11)8-7-12(5-2)6-3/h4H,1,5-9H2,2-3H3. The Balaban J connectivity index is 3.93. The van der Waals surface area contributed by atoms with Crippen LogP contribution in [-0.4, -0.2) is 47.9 Å². The van der Waals surface area contributed by atoms with Gasteiger partial charge in [0.25, 0.3) is 0 Å². The number of hydrogen-bond acceptors (Lipinski definition) is 2. The Morgan fingerprint density at radius 1 is 1.36 bits per heavy atom. The molecule has 0 bridgehead atoms. The van der Waals surface area contributed by atoms with E-state index in [2.05, 4.69) is 25.3 Å². The predicted octanol–water partition coefficient (Wildman–Crippen LogP) is 1.54. The Morgan fingerprint density at radius 3 is 2.29 bits per heavy atom. The first kappa shape index (κ1) is 13.5. The summed E-state index contributed by atoms with van der Waals surface area (Å²) >= 11 is 5.65. The summed E-state index contributed by atoms with van der Waals surface area (Å²) in [5.74, 6) is -0.104. The van der Waals surface area contributed by atoms with Crippen LogP contribution in [0.3, 0.4) is 0 Å². The van der Waals surface area contributed by atoms with Crippen LogP contribution in [0.1, 0.15) is 13.8 Å². The number of nitrogens with zero attached hydrogens (tertiary/aromatic N) is 2. The SMILES string of the molecule is C=CC(=O)N(CCl)CCN(CC)CC. The van der Waals surface area contributed by atoms with Crippen molar-refractivity contribution in [1.29, 1.82) is 0 Å². The Bertz CT molecular complexity index is 181.